The van der Waals surface area contributed by atoms with E-state index < -0.39 is 6.43 Å². The molecule has 0 aliphatic carbocycles. The molecule has 0 radical (unpaired) electrons. The van der Waals surface area contributed by atoms with Gasteiger partial charge in [0.2, 0.25) is 0 Å². The van der Waals surface area contributed by atoms with E-state index in [9.17, 15) is 8.78 Å². The Hall–Kier alpha value is -0.930. The number of hydrogen-bond acceptors (Lipinski definition) is 5. The van der Waals surface area contributed by atoms with Crippen LogP contribution in [-0.2, 0) is 0 Å². The van der Waals surface area contributed by atoms with Crippen molar-refractivity contribution in [3.05, 3.63) is 11.6 Å². The zero-order chi connectivity index (χ0) is 17.2. The van der Waals surface area contributed by atoms with Crippen LogP contribution in [0.5, 0.6) is 0 Å². The molecule has 0 aromatic carbocycles. The molecule has 136 valence electrons. The number of nitrogens with one attached hydrogen (secondary N) is 2. The standard InChI is InChI=1S/C15H25F2N5S2/c1-18-14(19-5-2-9-23-15-20-6-10-24-15)21-12-3-7-22(8-4-12)11-13(16)17/h6,10,12-13H,2-5,7-9,11H2,1H3,(H2,18,19,21). The predicted octanol–water partition coefficient (Wildman–Crippen LogP) is 2.52. The first-order chi connectivity index (χ1) is 11.7. The minimum absolute atomic E-state index is 0.115. The van der Waals surface area contributed by atoms with Crippen LogP contribution in [0, 0.1) is 0 Å². The van der Waals surface area contributed by atoms with Crippen LogP contribution in [0.1, 0.15) is 19.3 Å². The monoisotopic (exact) mass is 377 g/mol. The van der Waals surface area contributed by atoms with Gasteiger partial charge in [-0.2, -0.15) is 0 Å². The van der Waals surface area contributed by atoms with Gasteiger partial charge in [0.05, 0.1) is 6.54 Å². The molecule has 2 N–H and O–H groups in total. The van der Waals surface area contributed by atoms with E-state index in [1.807, 2.05) is 16.5 Å². The van der Waals surface area contributed by atoms with E-state index >= 15 is 0 Å². The van der Waals surface area contributed by atoms with Gasteiger partial charge in [-0.25, -0.2) is 13.8 Å². The maximum absolute atomic E-state index is 12.4. The molecule has 0 unspecified atom stereocenters. The number of likely N-dealkylation sites (tertiary alicyclic amines) is 1. The van der Waals surface area contributed by atoms with Crippen molar-refractivity contribution in [2.75, 3.05) is 39.0 Å². The molecule has 1 aromatic heterocycles. The molecule has 1 fully saturated rings. The van der Waals surface area contributed by atoms with Gasteiger partial charge in [0.25, 0.3) is 6.43 Å². The number of aromatic nitrogens is 1. The summed E-state index contributed by atoms with van der Waals surface area (Å²) in [5.41, 5.74) is 0. The van der Waals surface area contributed by atoms with Crippen molar-refractivity contribution in [1.82, 2.24) is 20.5 Å². The van der Waals surface area contributed by atoms with Gasteiger partial charge in [-0.1, -0.05) is 11.8 Å². The number of aliphatic imine (C=N–C) groups is 1. The second kappa shape index (κ2) is 10.8. The van der Waals surface area contributed by atoms with E-state index in [2.05, 4.69) is 20.6 Å². The van der Waals surface area contributed by atoms with Gasteiger partial charge in [0, 0.05) is 50.1 Å². The number of alkyl halides is 2. The van der Waals surface area contributed by atoms with Crippen molar-refractivity contribution >= 4 is 29.1 Å². The Bertz CT molecular complexity index is 476. The van der Waals surface area contributed by atoms with Crippen molar-refractivity contribution in [2.24, 2.45) is 4.99 Å². The first-order valence-electron chi connectivity index (χ1n) is 8.17. The average Bonchev–Trinajstić information content (AvgIpc) is 3.08. The highest BCUT2D eigenvalue weighted by Crippen LogP contribution is 2.20. The minimum atomic E-state index is -2.24. The number of nitrogens with zero attached hydrogens (tertiary/aromatic N) is 3. The Morgan fingerprint density at radius 3 is 2.92 bits per heavy atom. The number of thioether (sulfide) groups is 1. The van der Waals surface area contributed by atoms with Gasteiger partial charge in [0.1, 0.15) is 4.34 Å². The van der Waals surface area contributed by atoms with Gasteiger partial charge < -0.3 is 10.6 Å². The molecule has 1 aliphatic heterocycles. The number of halogens is 2. The Morgan fingerprint density at radius 1 is 1.50 bits per heavy atom. The number of rotatable bonds is 8. The van der Waals surface area contributed by atoms with Crippen molar-refractivity contribution in [3.63, 3.8) is 0 Å². The Balaban J connectivity index is 1.57. The summed E-state index contributed by atoms with van der Waals surface area (Å²) in [5.74, 6) is 1.81. The number of hydrogen-bond donors (Lipinski definition) is 2. The number of piperidine rings is 1. The lowest BCUT2D eigenvalue weighted by molar-refractivity contribution is 0.0744. The SMILES string of the molecule is CN=C(NCCCSc1nccs1)NC1CCN(CC(F)F)CC1. The summed E-state index contributed by atoms with van der Waals surface area (Å²) in [4.78, 5) is 10.3. The highest BCUT2D eigenvalue weighted by Gasteiger charge is 2.21. The highest BCUT2D eigenvalue weighted by atomic mass is 32.2. The maximum Gasteiger partial charge on any atom is 0.251 e. The lowest BCUT2D eigenvalue weighted by Gasteiger charge is -2.32. The van der Waals surface area contributed by atoms with E-state index in [0.29, 0.717) is 19.1 Å². The third-order valence-electron chi connectivity index (χ3n) is 3.80. The summed E-state index contributed by atoms with van der Waals surface area (Å²) in [6.07, 6.45) is 2.34. The molecule has 1 saturated heterocycles. The molecule has 0 saturated carbocycles. The van der Waals surface area contributed by atoms with E-state index in [4.69, 9.17) is 0 Å². The average molecular weight is 378 g/mol. The van der Waals surface area contributed by atoms with Crippen molar-refractivity contribution in [3.8, 4) is 0 Å². The van der Waals surface area contributed by atoms with Gasteiger partial charge in [-0.3, -0.25) is 9.89 Å². The Morgan fingerprint density at radius 2 is 2.29 bits per heavy atom. The molecule has 9 heteroatoms. The van der Waals surface area contributed by atoms with Crippen LogP contribution >= 0.6 is 23.1 Å². The van der Waals surface area contributed by atoms with Crippen molar-refractivity contribution < 1.29 is 8.78 Å². The fraction of sp³-hybridized carbons (Fsp3) is 0.733. The molecule has 2 rings (SSSR count). The highest BCUT2D eigenvalue weighted by molar-refractivity contribution is 8.00. The first-order valence-corrected chi connectivity index (χ1v) is 10.0. The van der Waals surface area contributed by atoms with Crippen LogP contribution in [0.4, 0.5) is 8.78 Å². The van der Waals surface area contributed by atoms with Crippen molar-refractivity contribution in [2.45, 2.75) is 36.1 Å². The Labute approximate surface area is 150 Å². The smallest absolute Gasteiger partial charge is 0.251 e. The predicted molar refractivity (Wildman–Crippen MR) is 97.4 cm³/mol. The van der Waals surface area contributed by atoms with Crippen LogP contribution < -0.4 is 10.6 Å². The normalized spacial score (nSPS) is 17.4. The van der Waals surface area contributed by atoms with Crippen LogP contribution in [0.3, 0.4) is 0 Å². The second-order valence-electron chi connectivity index (χ2n) is 5.61. The van der Waals surface area contributed by atoms with E-state index in [1.54, 1.807) is 30.1 Å². The van der Waals surface area contributed by atoms with Gasteiger partial charge in [-0.15, -0.1) is 11.3 Å². The van der Waals surface area contributed by atoms with Crippen LogP contribution in [0.2, 0.25) is 0 Å². The van der Waals surface area contributed by atoms with E-state index in [1.165, 1.54) is 0 Å². The molecule has 0 spiro atoms. The van der Waals surface area contributed by atoms with Gasteiger partial charge in [0.15, 0.2) is 5.96 Å². The fourth-order valence-corrected chi connectivity index (χ4v) is 4.21. The summed E-state index contributed by atoms with van der Waals surface area (Å²) < 4.78 is 25.9. The summed E-state index contributed by atoms with van der Waals surface area (Å²) >= 11 is 3.43. The molecule has 5 nitrogen and oxygen atoms in total. The minimum Gasteiger partial charge on any atom is -0.356 e. The zero-order valence-electron chi connectivity index (χ0n) is 13.9. The summed E-state index contributed by atoms with van der Waals surface area (Å²) in [7, 11) is 1.76. The topological polar surface area (TPSA) is 52.6 Å². The summed E-state index contributed by atoms with van der Waals surface area (Å²) in [5, 5.41) is 8.69. The third kappa shape index (κ3) is 7.31. The van der Waals surface area contributed by atoms with Gasteiger partial charge in [-0.05, 0) is 19.3 Å². The molecule has 1 aromatic rings. The Kier molecular flexibility index (Phi) is 8.76. The van der Waals surface area contributed by atoms with Gasteiger partial charge >= 0.3 is 0 Å². The molecule has 0 bridgehead atoms. The summed E-state index contributed by atoms with van der Waals surface area (Å²) in [6, 6.07) is 0.301. The van der Waals surface area contributed by atoms with E-state index in [-0.39, 0.29) is 6.54 Å². The van der Waals surface area contributed by atoms with E-state index in [0.717, 1.165) is 41.9 Å². The molecule has 0 amide bonds. The maximum atomic E-state index is 12.4. The third-order valence-corrected chi connectivity index (χ3v) is 5.85. The quantitative estimate of drug-likeness (QED) is 0.316. The second-order valence-corrected chi connectivity index (χ2v) is 7.85. The summed E-state index contributed by atoms with van der Waals surface area (Å²) in [6.45, 7) is 2.16. The lowest BCUT2D eigenvalue weighted by Crippen LogP contribution is -2.49. The molecular weight excluding hydrogens is 352 g/mol. The van der Waals surface area contributed by atoms with Crippen molar-refractivity contribution in [1.29, 1.82) is 0 Å². The molecule has 0 atom stereocenters. The van der Waals surface area contributed by atoms with Crippen LogP contribution in [0.25, 0.3) is 0 Å². The fourth-order valence-electron chi connectivity index (χ4n) is 2.56. The number of thiazole rings is 1. The first kappa shape index (κ1) is 19.4. The molecule has 2 heterocycles. The molecule has 1 aliphatic rings. The van der Waals surface area contributed by atoms with Crippen LogP contribution in [-0.4, -0.2) is 67.3 Å². The largest absolute Gasteiger partial charge is 0.356 e. The van der Waals surface area contributed by atoms with Crippen LogP contribution in [0.15, 0.2) is 20.9 Å². The molecule has 24 heavy (non-hydrogen) atoms. The zero-order valence-corrected chi connectivity index (χ0v) is 15.5. The number of guanidine groups is 1. The molecular formula is C15H25F2N5S2. The lowest BCUT2D eigenvalue weighted by atomic mass is 10.1.